The molecule has 1 saturated heterocycles. The third-order valence-corrected chi connectivity index (χ3v) is 5.77. The number of aromatic nitrogens is 2. The van der Waals surface area contributed by atoms with Gasteiger partial charge in [0.2, 0.25) is 0 Å². The molecule has 2 aromatic carbocycles. The summed E-state index contributed by atoms with van der Waals surface area (Å²) in [6.45, 7) is 3.61. The molecule has 0 bridgehead atoms. The van der Waals surface area contributed by atoms with Crippen LogP contribution < -0.4 is 0 Å². The summed E-state index contributed by atoms with van der Waals surface area (Å²) in [5.74, 6) is 0.515. The lowest BCUT2D eigenvalue weighted by atomic mass is 9.99. The standard InChI is InChI=1S/C22H21ClN4O3/c1-15-10-12-25(13-11-15)22(28)21-14-19(16-6-8-17(9-7-16)27(29)30)24-26(21)20-5-3-2-4-18(20)23/h2-9,14-15H,10-13H2,1H3. The largest absolute Gasteiger partial charge is 0.337 e. The highest BCUT2D eigenvalue weighted by Crippen LogP contribution is 2.28. The molecule has 0 N–H and O–H groups in total. The maximum absolute atomic E-state index is 13.3. The van der Waals surface area contributed by atoms with Crippen molar-refractivity contribution in [3.8, 4) is 16.9 Å². The maximum Gasteiger partial charge on any atom is 0.272 e. The molecule has 30 heavy (non-hydrogen) atoms. The molecule has 4 rings (SSSR count). The van der Waals surface area contributed by atoms with E-state index < -0.39 is 4.92 Å². The van der Waals surface area contributed by atoms with E-state index in [0.29, 0.717) is 46.7 Å². The molecule has 1 aliphatic heterocycles. The normalized spacial score (nSPS) is 14.7. The first kappa shape index (κ1) is 20.1. The highest BCUT2D eigenvalue weighted by atomic mass is 35.5. The van der Waals surface area contributed by atoms with Gasteiger partial charge in [-0.15, -0.1) is 0 Å². The number of carbonyl (C=O) groups excluding carboxylic acids is 1. The lowest BCUT2D eigenvalue weighted by Crippen LogP contribution is -2.38. The first-order valence-electron chi connectivity index (χ1n) is 9.83. The number of piperidine rings is 1. The molecule has 0 aliphatic carbocycles. The van der Waals surface area contributed by atoms with E-state index >= 15 is 0 Å². The molecule has 3 aromatic rings. The summed E-state index contributed by atoms with van der Waals surface area (Å²) in [7, 11) is 0. The van der Waals surface area contributed by atoms with E-state index in [9.17, 15) is 14.9 Å². The van der Waals surface area contributed by atoms with Crippen molar-refractivity contribution in [1.29, 1.82) is 0 Å². The molecule has 1 amide bonds. The van der Waals surface area contributed by atoms with Crippen LogP contribution in [0.5, 0.6) is 0 Å². The van der Waals surface area contributed by atoms with Crippen molar-refractivity contribution in [2.45, 2.75) is 19.8 Å². The Morgan fingerprint density at radius 2 is 1.80 bits per heavy atom. The number of nitrogens with zero attached hydrogens (tertiary/aromatic N) is 4. The van der Waals surface area contributed by atoms with E-state index in [-0.39, 0.29) is 11.6 Å². The quantitative estimate of drug-likeness (QED) is 0.437. The van der Waals surface area contributed by atoms with Crippen LogP contribution in [0.2, 0.25) is 5.02 Å². The maximum atomic E-state index is 13.3. The Hall–Kier alpha value is -3.19. The second-order valence-electron chi connectivity index (χ2n) is 7.56. The van der Waals surface area contributed by atoms with Crippen molar-refractivity contribution < 1.29 is 9.72 Å². The van der Waals surface area contributed by atoms with Crippen LogP contribution in [0, 0.1) is 16.0 Å². The molecular weight excluding hydrogens is 404 g/mol. The Balaban J connectivity index is 1.76. The fraction of sp³-hybridized carbons (Fsp3) is 0.273. The topological polar surface area (TPSA) is 81.3 Å². The number of nitro groups is 1. The van der Waals surface area contributed by atoms with Gasteiger partial charge in [0.05, 0.1) is 21.3 Å². The van der Waals surface area contributed by atoms with Gasteiger partial charge in [0, 0.05) is 30.8 Å². The minimum Gasteiger partial charge on any atom is -0.337 e. The van der Waals surface area contributed by atoms with E-state index in [1.807, 2.05) is 23.1 Å². The molecule has 1 aromatic heterocycles. The van der Waals surface area contributed by atoms with Crippen LogP contribution in [0.4, 0.5) is 5.69 Å². The zero-order valence-corrected chi connectivity index (χ0v) is 17.2. The van der Waals surface area contributed by atoms with Gasteiger partial charge in [-0.05, 0) is 49.1 Å². The van der Waals surface area contributed by atoms with E-state index in [1.165, 1.54) is 12.1 Å². The molecule has 1 aliphatic rings. The van der Waals surface area contributed by atoms with Gasteiger partial charge >= 0.3 is 0 Å². The fourth-order valence-corrected chi connectivity index (χ4v) is 3.83. The van der Waals surface area contributed by atoms with Gasteiger partial charge < -0.3 is 4.90 Å². The molecule has 2 heterocycles. The number of para-hydroxylation sites is 1. The van der Waals surface area contributed by atoms with Gasteiger partial charge in [-0.2, -0.15) is 5.10 Å². The predicted octanol–water partition coefficient (Wildman–Crippen LogP) is 4.97. The first-order valence-corrected chi connectivity index (χ1v) is 10.2. The number of likely N-dealkylation sites (tertiary alicyclic amines) is 1. The lowest BCUT2D eigenvalue weighted by molar-refractivity contribution is -0.384. The summed E-state index contributed by atoms with van der Waals surface area (Å²) >= 11 is 6.39. The van der Waals surface area contributed by atoms with Gasteiger partial charge in [-0.25, -0.2) is 4.68 Å². The third kappa shape index (κ3) is 3.93. The summed E-state index contributed by atoms with van der Waals surface area (Å²) < 4.78 is 1.57. The van der Waals surface area contributed by atoms with Crippen LogP contribution >= 0.6 is 11.6 Å². The van der Waals surface area contributed by atoms with Gasteiger partial charge in [0.1, 0.15) is 5.69 Å². The summed E-state index contributed by atoms with van der Waals surface area (Å²) in [5.41, 5.74) is 2.28. The number of nitro benzene ring substituents is 1. The molecular formula is C22H21ClN4O3. The van der Waals surface area contributed by atoms with Crippen LogP contribution in [0.1, 0.15) is 30.3 Å². The van der Waals surface area contributed by atoms with Crippen LogP contribution in [0.3, 0.4) is 0 Å². The van der Waals surface area contributed by atoms with E-state index in [4.69, 9.17) is 11.6 Å². The molecule has 0 atom stereocenters. The summed E-state index contributed by atoms with van der Waals surface area (Å²) in [5, 5.41) is 16.1. The Morgan fingerprint density at radius 1 is 1.13 bits per heavy atom. The van der Waals surface area contributed by atoms with Gasteiger partial charge in [-0.3, -0.25) is 14.9 Å². The molecule has 154 valence electrons. The first-order chi connectivity index (χ1) is 14.4. The minimum atomic E-state index is -0.446. The lowest BCUT2D eigenvalue weighted by Gasteiger charge is -2.30. The monoisotopic (exact) mass is 424 g/mol. The fourth-order valence-electron chi connectivity index (χ4n) is 3.61. The molecule has 0 spiro atoms. The van der Waals surface area contributed by atoms with Gasteiger partial charge in [0.25, 0.3) is 11.6 Å². The van der Waals surface area contributed by atoms with E-state index in [1.54, 1.807) is 28.9 Å². The number of benzene rings is 2. The third-order valence-electron chi connectivity index (χ3n) is 5.45. The highest BCUT2D eigenvalue weighted by molar-refractivity contribution is 6.32. The Morgan fingerprint density at radius 3 is 2.43 bits per heavy atom. The Kier molecular flexibility index (Phi) is 5.55. The molecule has 7 nitrogen and oxygen atoms in total. The van der Waals surface area contributed by atoms with Crippen molar-refractivity contribution in [3.05, 3.63) is 75.4 Å². The van der Waals surface area contributed by atoms with Crippen molar-refractivity contribution in [3.63, 3.8) is 0 Å². The number of carbonyl (C=O) groups is 1. The zero-order chi connectivity index (χ0) is 21.3. The number of rotatable bonds is 4. The average molecular weight is 425 g/mol. The number of halogens is 1. The SMILES string of the molecule is CC1CCN(C(=O)c2cc(-c3ccc([N+](=O)[O-])cc3)nn2-c2ccccc2Cl)CC1. The molecule has 0 radical (unpaired) electrons. The smallest absolute Gasteiger partial charge is 0.272 e. The molecule has 0 unspecified atom stereocenters. The number of non-ortho nitro benzene ring substituents is 1. The average Bonchev–Trinajstić information content (AvgIpc) is 3.19. The molecule has 1 fully saturated rings. The van der Waals surface area contributed by atoms with Crippen LogP contribution in [-0.4, -0.2) is 38.6 Å². The van der Waals surface area contributed by atoms with Crippen LogP contribution in [-0.2, 0) is 0 Å². The summed E-state index contributed by atoms with van der Waals surface area (Å²) in [6.07, 6.45) is 1.95. The number of amides is 1. The zero-order valence-electron chi connectivity index (χ0n) is 16.5. The van der Waals surface area contributed by atoms with Crippen LogP contribution in [0.25, 0.3) is 16.9 Å². The predicted molar refractivity (Wildman–Crippen MR) is 115 cm³/mol. The van der Waals surface area contributed by atoms with Crippen molar-refractivity contribution >= 4 is 23.2 Å². The Bertz CT molecular complexity index is 1090. The second-order valence-corrected chi connectivity index (χ2v) is 7.96. The number of hydrogen-bond acceptors (Lipinski definition) is 4. The second kappa shape index (κ2) is 8.28. The Labute approximate surface area is 179 Å². The van der Waals surface area contributed by atoms with Crippen molar-refractivity contribution in [2.75, 3.05) is 13.1 Å². The van der Waals surface area contributed by atoms with Gasteiger partial charge in [0.15, 0.2) is 0 Å². The van der Waals surface area contributed by atoms with E-state index in [0.717, 1.165) is 12.8 Å². The summed E-state index contributed by atoms with van der Waals surface area (Å²) in [4.78, 5) is 25.7. The molecule has 0 saturated carbocycles. The van der Waals surface area contributed by atoms with Crippen molar-refractivity contribution in [2.24, 2.45) is 5.92 Å². The minimum absolute atomic E-state index is 0.00280. The summed E-state index contributed by atoms with van der Waals surface area (Å²) in [6, 6.07) is 15.1. The van der Waals surface area contributed by atoms with E-state index in [2.05, 4.69) is 12.0 Å². The molecule has 8 heteroatoms. The highest BCUT2D eigenvalue weighted by Gasteiger charge is 2.26. The van der Waals surface area contributed by atoms with Gasteiger partial charge in [-0.1, -0.05) is 30.7 Å². The van der Waals surface area contributed by atoms with Crippen LogP contribution in [0.15, 0.2) is 54.6 Å². The number of hydrogen-bond donors (Lipinski definition) is 0. The van der Waals surface area contributed by atoms with Crippen molar-refractivity contribution in [1.82, 2.24) is 14.7 Å².